The number of hydrogen-bond donors (Lipinski definition) is 1. The van der Waals surface area contributed by atoms with E-state index < -0.39 is 0 Å². The lowest BCUT2D eigenvalue weighted by atomic mass is 10.3. The lowest BCUT2D eigenvalue weighted by molar-refractivity contribution is -0.00598. The molecule has 1 fully saturated rings. The monoisotopic (exact) mass is 256 g/mol. The summed E-state index contributed by atoms with van der Waals surface area (Å²) in [5.74, 6) is 0.556. The predicted octanol–water partition coefficient (Wildman–Crippen LogP) is 1.83. The van der Waals surface area contributed by atoms with Crippen molar-refractivity contribution in [2.24, 2.45) is 0 Å². The summed E-state index contributed by atoms with van der Waals surface area (Å²) in [6, 6.07) is 4.52. The molecule has 1 saturated heterocycles. The van der Waals surface area contributed by atoms with Crippen molar-refractivity contribution in [1.29, 1.82) is 0 Å². The Balaban J connectivity index is 1.88. The molecule has 2 N–H and O–H groups in total. The fourth-order valence-electron chi connectivity index (χ4n) is 1.80. The fourth-order valence-corrected chi connectivity index (χ4v) is 2.76. The Hall–Kier alpha value is -0.780. The van der Waals surface area contributed by atoms with E-state index in [1.54, 1.807) is 17.8 Å². The first-order chi connectivity index (χ1) is 8.15. The summed E-state index contributed by atoms with van der Waals surface area (Å²) in [6.45, 7) is 2.70. The Morgan fingerprint density at radius 3 is 3.12 bits per heavy atom. The van der Waals surface area contributed by atoms with Crippen LogP contribution in [0.15, 0.2) is 23.1 Å². The molecule has 0 bridgehead atoms. The van der Waals surface area contributed by atoms with Gasteiger partial charge in [0.2, 0.25) is 0 Å². The minimum Gasteiger partial charge on any atom is -0.398 e. The number of nitrogen functional groups attached to an aromatic ring is 1. The van der Waals surface area contributed by atoms with E-state index in [4.69, 9.17) is 10.5 Å². The van der Waals surface area contributed by atoms with Gasteiger partial charge in [-0.1, -0.05) is 0 Å². The van der Waals surface area contributed by atoms with E-state index in [9.17, 15) is 4.39 Å². The molecule has 17 heavy (non-hydrogen) atoms. The van der Waals surface area contributed by atoms with Crippen LogP contribution < -0.4 is 5.73 Å². The van der Waals surface area contributed by atoms with E-state index in [0.717, 1.165) is 30.3 Å². The second-order valence-corrected chi connectivity index (χ2v) is 5.31. The van der Waals surface area contributed by atoms with Gasteiger partial charge in [-0.05, 0) is 25.2 Å². The van der Waals surface area contributed by atoms with E-state index in [-0.39, 0.29) is 11.9 Å². The van der Waals surface area contributed by atoms with Crippen LogP contribution in [0.1, 0.15) is 0 Å². The molecule has 1 aromatic rings. The normalized spacial score (nSPS) is 21.6. The van der Waals surface area contributed by atoms with E-state index in [2.05, 4.69) is 11.9 Å². The largest absolute Gasteiger partial charge is 0.398 e. The second-order valence-electron chi connectivity index (χ2n) is 4.25. The van der Waals surface area contributed by atoms with Crippen molar-refractivity contribution in [3.05, 3.63) is 24.0 Å². The number of nitrogens with two attached hydrogens (primary N) is 1. The summed E-state index contributed by atoms with van der Waals surface area (Å²) in [5.41, 5.74) is 6.25. The molecular formula is C12H17FN2OS. The SMILES string of the molecule is CN1CCOC(CSc2ccc(F)cc2N)C1. The smallest absolute Gasteiger partial charge is 0.125 e. The summed E-state index contributed by atoms with van der Waals surface area (Å²) < 4.78 is 18.5. The molecule has 0 saturated carbocycles. The van der Waals surface area contributed by atoms with Crippen LogP contribution in [0, 0.1) is 5.82 Å². The first kappa shape index (κ1) is 12.7. The third-order valence-electron chi connectivity index (χ3n) is 2.74. The van der Waals surface area contributed by atoms with Gasteiger partial charge in [-0.2, -0.15) is 0 Å². The standard InChI is InChI=1S/C12H17FN2OS/c1-15-4-5-16-10(7-15)8-17-12-3-2-9(13)6-11(12)14/h2-3,6,10H,4-5,7-8,14H2,1H3. The number of morpholine rings is 1. The molecule has 0 spiro atoms. The van der Waals surface area contributed by atoms with E-state index in [0.29, 0.717) is 5.69 Å². The Morgan fingerprint density at radius 1 is 1.59 bits per heavy atom. The van der Waals surface area contributed by atoms with Crippen LogP contribution in [-0.2, 0) is 4.74 Å². The average molecular weight is 256 g/mol. The highest BCUT2D eigenvalue weighted by Gasteiger charge is 2.18. The number of hydrogen-bond acceptors (Lipinski definition) is 4. The molecule has 1 aliphatic rings. The lowest BCUT2D eigenvalue weighted by Gasteiger charge is -2.29. The topological polar surface area (TPSA) is 38.5 Å². The van der Waals surface area contributed by atoms with Gasteiger partial charge >= 0.3 is 0 Å². The Bertz CT molecular complexity index is 389. The van der Waals surface area contributed by atoms with Gasteiger partial charge < -0.3 is 15.4 Å². The van der Waals surface area contributed by atoms with Crippen LogP contribution in [0.3, 0.4) is 0 Å². The van der Waals surface area contributed by atoms with Gasteiger partial charge in [-0.25, -0.2) is 4.39 Å². The lowest BCUT2D eigenvalue weighted by Crippen LogP contribution is -2.41. The van der Waals surface area contributed by atoms with Crippen LogP contribution in [0.2, 0.25) is 0 Å². The molecule has 3 nitrogen and oxygen atoms in total. The van der Waals surface area contributed by atoms with E-state index in [1.165, 1.54) is 12.1 Å². The third kappa shape index (κ3) is 3.59. The number of thioether (sulfide) groups is 1. The van der Waals surface area contributed by atoms with Crippen molar-refractivity contribution in [2.45, 2.75) is 11.0 Å². The number of anilines is 1. The van der Waals surface area contributed by atoms with Crippen molar-refractivity contribution in [3.8, 4) is 0 Å². The van der Waals surface area contributed by atoms with Gasteiger partial charge in [-0.3, -0.25) is 0 Å². The molecule has 0 radical (unpaired) electrons. The van der Waals surface area contributed by atoms with Gasteiger partial charge in [0, 0.05) is 29.4 Å². The summed E-state index contributed by atoms with van der Waals surface area (Å²) >= 11 is 1.62. The highest BCUT2D eigenvalue weighted by atomic mass is 32.2. The Kier molecular flexibility index (Phi) is 4.25. The van der Waals surface area contributed by atoms with Gasteiger partial charge in [0.15, 0.2) is 0 Å². The molecule has 0 aromatic heterocycles. The van der Waals surface area contributed by atoms with Gasteiger partial charge in [0.05, 0.1) is 12.7 Å². The van der Waals surface area contributed by atoms with Crippen LogP contribution in [0.25, 0.3) is 0 Å². The summed E-state index contributed by atoms with van der Waals surface area (Å²) in [4.78, 5) is 3.17. The summed E-state index contributed by atoms with van der Waals surface area (Å²) in [5, 5.41) is 0. The van der Waals surface area contributed by atoms with E-state index >= 15 is 0 Å². The Morgan fingerprint density at radius 2 is 2.41 bits per heavy atom. The molecule has 94 valence electrons. The highest BCUT2D eigenvalue weighted by Crippen LogP contribution is 2.27. The van der Waals surface area contributed by atoms with Gasteiger partial charge in [-0.15, -0.1) is 11.8 Å². The molecule has 1 aliphatic heterocycles. The molecule has 1 atom stereocenters. The second kappa shape index (κ2) is 5.71. The molecule has 1 aromatic carbocycles. The number of halogens is 1. The third-order valence-corrected chi connectivity index (χ3v) is 3.96. The predicted molar refractivity (Wildman–Crippen MR) is 68.8 cm³/mol. The number of ether oxygens (including phenoxy) is 1. The van der Waals surface area contributed by atoms with Crippen molar-refractivity contribution < 1.29 is 9.13 Å². The maximum atomic E-state index is 12.9. The first-order valence-corrected chi connectivity index (χ1v) is 6.61. The molecule has 1 heterocycles. The number of likely N-dealkylation sites (N-methyl/N-ethyl adjacent to an activating group) is 1. The van der Waals surface area contributed by atoms with Crippen LogP contribution in [0.5, 0.6) is 0 Å². The molecular weight excluding hydrogens is 239 g/mol. The summed E-state index contributed by atoms with van der Waals surface area (Å²) in [6.07, 6.45) is 0.225. The molecule has 0 aliphatic carbocycles. The number of benzene rings is 1. The van der Waals surface area contributed by atoms with Gasteiger partial charge in [0.1, 0.15) is 5.82 Å². The summed E-state index contributed by atoms with van der Waals surface area (Å²) in [7, 11) is 2.09. The molecule has 5 heteroatoms. The first-order valence-electron chi connectivity index (χ1n) is 5.63. The minimum atomic E-state index is -0.291. The van der Waals surface area contributed by atoms with Crippen LogP contribution >= 0.6 is 11.8 Å². The zero-order valence-electron chi connectivity index (χ0n) is 9.86. The van der Waals surface area contributed by atoms with Crippen molar-refractivity contribution >= 4 is 17.4 Å². The maximum absolute atomic E-state index is 12.9. The fraction of sp³-hybridized carbons (Fsp3) is 0.500. The molecule has 2 rings (SSSR count). The quantitative estimate of drug-likeness (QED) is 0.661. The van der Waals surface area contributed by atoms with Crippen LogP contribution in [0.4, 0.5) is 10.1 Å². The van der Waals surface area contributed by atoms with Crippen molar-refractivity contribution in [3.63, 3.8) is 0 Å². The molecule has 1 unspecified atom stereocenters. The van der Waals surface area contributed by atoms with Crippen molar-refractivity contribution in [1.82, 2.24) is 4.90 Å². The Labute approximate surface area is 105 Å². The van der Waals surface area contributed by atoms with E-state index in [1.807, 2.05) is 0 Å². The average Bonchev–Trinajstić information content (AvgIpc) is 2.28. The zero-order chi connectivity index (χ0) is 12.3. The highest BCUT2D eigenvalue weighted by molar-refractivity contribution is 7.99. The van der Waals surface area contributed by atoms with Crippen molar-refractivity contribution in [2.75, 3.05) is 38.2 Å². The number of rotatable bonds is 3. The molecule has 0 amide bonds. The van der Waals surface area contributed by atoms with Crippen LogP contribution in [-0.4, -0.2) is 43.5 Å². The van der Waals surface area contributed by atoms with Gasteiger partial charge in [0.25, 0.3) is 0 Å². The zero-order valence-corrected chi connectivity index (χ0v) is 10.7. The minimum absolute atomic E-state index is 0.225. The number of nitrogens with zero attached hydrogens (tertiary/aromatic N) is 1. The maximum Gasteiger partial charge on any atom is 0.125 e.